The van der Waals surface area contributed by atoms with Crippen molar-refractivity contribution in [3.8, 4) is 0 Å². The summed E-state index contributed by atoms with van der Waals surface area (Å²) in [7, 11) is 0. The molecule has 7 nitrogen and oxygen atoms in total. The summed E-state index contributed by atoms with van der Waals surface area (Å²) >= 11 is 12.1. The molecule has 3 amide bonds. The maximum atomic E-state index is 14.1. The number of halogens is 2. The van der Waals surface area contributed by atoms with Crippen LogP contribution in [0.15, 0.2) is 66.7 Å². The van der Waals surface area contributed by atoms with Crippen LogP contribution in [0.1, 0.15) is 54.4 Å². The van der Waals surface area contributed by atoms with Crippen molar-refractivity contribution in [3.05, 3.63) is 99.0 Å². The van der Waals surface area contributed by atoms with Gasteiger partial charge in [0.1, 0.15) is 6.04 Å². The highest BCUT2D eigenvalue weighted by molar-refractivity contribution is 6.35. The molecule has 4 aliphatic rings. The molecule has 3 atom stereocenters. The number of esters is 1. The number of hydrogen-bond donors (Lipinski definition) is 1. The highest BCUT2D eigenvalue weighted by Crippen LogP contribution is 2.61. The van der Waals surface area contributed by atoms with E-state index in [-0.39, 0.29) is 46.7 Å². The second-order valence-corrected chi connectivity index (χ2v) is 12.1. The average Bonchev–Trinajstić information content (AvgIpc) is 3.22. The predicted octanol–water partition coefficient (Wildman–Crippen LogP) is 5.78. The van der Waals surface area contributed by atoms with Crippen LogP contribution in [0.25, 0.3) is 0 Å². The van der Waals surface area contributed by atoms with Crippen molar-refractivity contribution >= 4 is 52.6 Å². The summed E-state index contributed by atoms with van der Waals surface area (Å²) in [6, 6.07) is 19.4. The van der Waals surface area contributed by atoms with Crippen LogP contribution in [0.5, 0.6) is 0 Å². The van der Waals surface area contributed by atoms with Crippen molar-refractivity contribution in [2.24, 2.45) is 17.8 Å². The lowest BCUT2D eigenvalue weighted by Gasteiger charge is -2.45. The molecule has 2 bridgehead atoms. The number of nitrogens with one attached hydrogen (secondary N) is 1. The van der Waals surface area contributed by atoms with Crippen molar-refractivity contribution in [2.75, 3.05) is 11.9 Å². The van der Waals surface area contributed by atoms with Gasteiger partial charge in [-0.3, -0.25) is 19.3 Å². The van der Waals surface area contributed by atoms with Crippen molar-refractivity contribution in [1.82, 2.24) is 4.90 Å². The van der Waals surface area contributed by atoms with Gasteiger partial charge >= 0.3 is 5.97 Å². The summed E-state index contributed by atoms with van der Waals surface area (Å²) in [6.07, 6.45) is 0.215. The molecule has 1 N–H and O–H groups in total. The molecule has 1 heterocycles. The summed E-state index contributed by atoms with van der Waals surface area (Å²) in [5, 5.41) is 3.23. The first-order valence-electron chi connectivity index (χ1n) is 13.6. The van der Waals surface area contributed by atoms with Gasteiger partial charge in [-0.2, -0.15) is 0 Å². The molecule has 0 saturated carbocycles. The number of amides is 3. The quantitative estimate of drug-likeness (QED) is 0.278. The van der Waals surface area contributed by atoms with Crippen LogP contribution in [0.2, 0.25) is 10.0 Å². The Morgan fingerprint density at radius 3 is 1.85 bits per heavy atom. The zero-order valence-corrected chi connectivity index (χ0v) is 24.0. The van der Waals surface area contributed by atoms with Crippen molar-refractivity contribution < 1.29 is 23.9 Å². The van der Waals surface area contributed by atoms with Crippen molar-refractivity contribution in [1.29, 1.82) is 0 Å². The van der Waals surface area contributed by atoms with Gasteiger partial charge in [-0.1, -0.05) is 85.6 Å². The minimum absolute atomic E-state index is 0.0269. The van der Waals surface area contributed by atoms with Crippen molar-refractivity contribution in [2.45, 2.75) is 38.1 Å². The molecule has 3 aliphatic carbocycles. The summed E-state index contributed by atoms with van der Waals surface area (Å²) in [5.74, 6) is -3.93. The molecular formula is C32H28Cl2N2O5. The number of nitrogens with zero attached hydrogens (tertiary/aromatic N) is 1. The third-order valence-electron chi connectivity index (χ3n) is 8.31. The Morgan fingerprint density at radius 2 is 1.37 bits per heavy atom. The maximum Gasteiger partial charge on any atom is 0.329 e. The van der Waals surface area contributed by atoms with E-state index < -0.39 is 36.4 Å². The van der Waals surface area contributed by atoms with Crippen LogP contribution >= 0.6 is 23.2 Å². The monoisotopic (exact) mass is 590 g/mol. The number of hydrogen-bond acceptors (Lipinski definition) is 5. The van der Waals surface area contributed by atoms with Crippen LogP contribution < -0.4 is 5.32 Å². The molecule has 0 spiro atoms. The fourth-order valence-corrected chi connectivity index (χ4v) is 7.11. The molecule has 1 saturated heterocycles. The van der Waals surface area contributed by atoms with E-state index in [1.54, 1.807) is 6.07 Å². The number of carbonyl (C=O) groups is 4. The minimum Gasteiger partial charge on any atom is -0.454 e. The van der Waals surface area contributed by atoms with E-state index in [2.05, 4.69) is 5.32 Å². The highest BCUT2D eigenvalue weighted by Gasteiger charge is 2.63. The largest absolute Gasteiger partial charge is 0.454 e. The Balaban J connectivity index is 1.27. The van der Waals surface area contributed by atoms with Crippen LogP contribution in [-0.2, 0) is 23.9 Å². The number of carbonyl (C=O) groups excluding carboxylic acids is 4. The first-order valence-corrected chi connectivity index (χ1v) is 14.4. The van der Waals surface area contributed by atoms with E-state index in [1.807, 2.05) is 62.4 Å². The minimum atomic E-state index is -1.14. The molecule has 0 radical (unpaired) electrons. The summed E-state index contributed by atoms with van der Waals surface area (Å²) in [5.41, 5.74) is 4.50. The van der Waals surface area contributed by atoms with Gasteiger partial charge in [0.2, 0.25) is 11.8 Å². The number of benzene rings is 3. The third-order valence-corrected chi connectivity index (χ3v) is 8.87. The van der Waals surface area contributed by atoms with Crippen LogP contribution in [0.4, 0.5) is 5.69 Å². The molecule has 1 fully saturated rings. The van der Waals surface area contributed by atoms with Gasteiger partial charge < -0.3 is 10.1 Å². The lowest BCUT2D eigenvalue weighted by atomic mass is 9.55. The third kappa shape index (κ3) is 4.61. The van der Waals surface area contributed by atoms with Gasteiger partial charge in [0.25, 0.3) is 5.91 Å². The Bertz CT molecular complexity index is 1470. The molecule has 0 aromatic heterocycles. The van der Waals surface area contributed by atoms with E-state index in [0.29, 0.717) is 5.02 Å². The van der Waals surface area contributed by atoms with Crippen LogP contribution in [0, 0.1) is 17.8 Å². The lowest BCUT2D eigenvalue weighted by Crippen LogP contribution is -2.47. The van der Waals surface area contributed by atoms with E-state index in [4.69, 9.17) is 27.9 Å². The fourth-order valence-electron chi connectivity index (χ4n) is 6.77. The molecule has 41 heavy (non-hydrogen) atoms. The Labute approximate surface area is 247 Å². The van der Waals surface area contributed by atoms with Gasteiger partial charge in [-0.25, -0.2) is 4.79 Å². The van der Waals surface area contributed by atoms with Crippen LogP contribution in [0.3, 0.4) is 0 Å². The molecule has 0 unspecified atom stereocenters. The Kier molecular flexibility index (Phi) is 7.12. The van der Waals surface area contributed by atoms with Gasteiger partial charge in [0, 0.05) is 16.9 Å². The van der Waals surface area contributed by atoms with Crippen LogP contribution in [-0.4, -0.2) is 41.2 Å². The van der Waals surface area contributed by atoms with Gasteiger partial charge in [0.05, 0.1) is 22.5 Å². The zero-order valence-electron chi connectivity index (χ0n) is 22.5. The number of anilines is 1. The predicted molar refractivity (Wildman–Crippen MR) is 155 cm³/mol. The van der Waals surface area contributed by atoms with Gasteiger partial charge in [-0.05, 0) is 52.8 Å². The highest BCUT2D eigenvalue weighted by atomic mass is 35.5. The summed E-state index contributed by atoms with van der Waals surface area (Å²) in [4.78, 5) is 55.4. The Hall–Kier alpha value is -3.68. The second kappa shape index (κ2) is 10.6. The molecule has 210 valence electrons. The topological polar surface area (TPSA) is 92.8 Å². The standard InChI is InChI=1S/C32H28Cl2N2O5/c1-16(2)13-24(32(40)41-15-25(37)35-23-14-17(33)11-12-22(23)34)36-30(38)28-26-18-7-3-4-8-19(18)27(29(28)31(36)39)21-10-6-5-9-20(21)26/h3-12,14,16,24,26-29H,13,15H2,1-2H3,(H,35,37)/t24-,26?,27?,28-,29-/m1/s1. The normalized spacial score (nSPS) is 22.7. The molecule has 3 aromatic carbocycles. The SMILES string of the molecule is CC(C)C[C@H](C(=O)OCC(=O)Nc1cc(Cl)ccc1Cl)N1C(=O)[C@@H]2C3c4ccccc4C(c4ccccc43)[C@H]2C1=O. The number of imide groups is 1. The summed E-state index contributed by atoms with van der Waals surface area (Å²) < 4.78 is 5.39. The van der Waals surface area contributed by atoms with Crippen molar-refractivity contribution in [3.63, 3.8) is 0 Å². The second-order valence-electron chi connectivity index (χ2n) is 11.2. The first kappa shape index (κ1) is 27.5. The maximum absolute atomic E-state index is 14.1. The number of rotatable bonds is 7. The molecule has 3 aromatic rings. The van der Waals surface area contributed by atoms with E-state index >= 15 is 0 Å². The van der Waals surface area contributed by atoms with Gasteiger partial charge in [0.15, 0.2) is 6.61 Å². The summed E-state index contributed by atoms with van der Waals surface area (Å²) in [6.45, 7) is 3.20. The van der Waals surface area contributed by atoms with E-state index in [0.717, 1.165) is 27.2 Å². The average molecular weight is 591 g/mol. The van der Waals surface area contributed by atoms with Gasteiger partial charge in [-0.15, -0.1) is 0 Å². The first-order chi connectivity index (χ1) is 19.7. The molecule has 1 aliphatic heterocycles. The zero-order chi connectivity index (χ0) is 29.0. The number of likely N-dealkylation sites (tertiary alicyclic amines) is 1. The van der Waals surface area contributed by atoms with E-state index in [9.17, 15) is 19.2 Å². The Morgan fingerprint density at radius 1 is 0.854 bits per heavy atom. The molecule has 9 heteroatoms. The molecular weight excluding hydrogens is 563 g/mol. The lowest BCUT2D eigenvalue weighted by molar-refractivity contribution is -0.160. The molecule has 7 rings (SSSR count). The van der Waals surface area contributed by atoms with E-state index in [1.165, 1.54) is 12.1 Å². The smallest absolute Gasteiger partial charge is 0.329 e. The fraction of sp³-hybridized carbons (Fsp3) is 0.312. The number of ether oxygens (including phenoxy) is 1.